The third kappa shape index (κ3) is 2.73. The number of nitrogens with zero attached hydrogens (tertiary/aromatic N) is 2. The molecule has 6 heteroatoms. The summed E-state index contributed by atoms with van der Waals surface area (Å²) in [5.74, 6) is 1.36. The Morgan fingerprint density at radius 3 is 2.78 bits per heavy atom. The lowest BCUT2D eigenvalue weighted by Crippen LogP contribution is -2.09. The number of rotatable bonds is 4. The van der Waals surface area contributed by atoms with E-state index in [4.69, 9.17) is 16.3 Å². The van der Waals surface area contributed by atoms with Crippen molar-refractivity contribution in [2.24, 2.45) is 0 Å². The van der Waals surface area contributed by atoms with E-state index in [-0.39, 0.29) is 6.04 Å². The molecule has 1 unspecified atom stereocenters. The third-order valence-corrected chi connectivity index (χ3v) is 4.02. The molecular formula is C12H14ClN3OS. The second kappa shape index (κ2) is 5.54. The quantitative estimate of drug-likeness (QED) is 0.930. The SMILES string of the molecule is COc1ncnc(NC(C)c2ccc(Cl)s2)c1C. The van der Waals surface area contributed by atoms with Crippen LogP contribution in [0.1, 0.15) is 23.4 Å². The standard InChI is InChI=1S/C12H14ClN3OS/c1-7-11(14-6-15-12(7)17-3)16-8(2)9-4-5-10(13)18-9/h4-6,8H,1-3H3,(H,14,15,16). The fraction of sp³-hybridized carbons (Fsp3) is 0.333. The van der Waals surface area contributed by atoms with Crippen molar-refractivity contribution >= 4 is 28.8 Å². The van der Waals surface area contributed by atoms with Gasteiger partial charge in [-0.15, -0.1) is 11.3 Å². The Hall–Kier alpha value is -1.33. The summed E-state index contributed by atoms with van der Waals surface area (Å²) in [7, 11) is 1.60. The lowest BCUT2D eigenvalue weighted by Gasteiger charge is -2.15. The van der Waals surface area contributed by atoms with Gasteiger partial charge in [-0.3, -0.25) is 0 Å². The van der Waals surface area contributed by atoms with Gasteiger partial charge in [0.1, 0.15) is 12.1 Å². The van der Waals surface area contributed by atoms with Gasteiger partial charge in [-0.05, 0) is 26.0 Å². The van der Waals surface area contributed by atoms with Gasteiger partial charge in [0.05, 0.1) is 23.1 Å². The Kier molecular flexibility index (Phi) is 4.04. The molecule has 0 saturated carbocycles. The van der Waals surface area contributed by atoms with Crippen molar-refractivity contribution in [1.82, 2.24) is 9.97 Å². The van der Waals surface area contributed by atoms with Crippen LogP contribution in [0.3, 0.4) is 0 Å². The van der Waals surface area contributed by atoms with Gasteiger partial charge < -0.3 is 10.1 Å². The van der Waals surface area contributed by atoms with Crippen LogP contribution in [0.2, 0.25) is 4.34 Å². The first-order chi connectivity index (χ1) is 8.61. The number of halogens is 1. The summed E-state index contributed by atoms with van der Waals surface area (Å²) >= 11 is 7.49. The minimum absolute atomic E-state index is 0.140. The summed E-state index contributed by atoms with van der Waals surface area (Å²) < 4.78 is 5.96. The van der Waals surface area contributed by atoms with Crippen molar-refractivity contribution in [3.63, 3.8) is 0 Å². The highest BCUT2D eigenvalue weighted by atomic mass is 35.5. The zero-order valence-electron chi connectivity index (χ0n) is 10.4. The Bertz CT molecular complexity index is 544. The molecule has 0 aliphatic heterocycles. The smallest absolute Gasteiger partial charge is 0.221 e. The second-order valence-corrected chi connectivity index (χ2v) is 5.61. The zero-order chi connectivity index (χ0) is 13.1. The van der Waals surface area contributed by atoms with Gasteiger partial charge in [-0.1, -0.05) is 11.6 Å². The molecule has 0 aliphatic carbocycles. The van der Waals surface area contributed by atoms with Gasteiger partial charge in [-0.2, -0.15) is 0 Å². The van der Waals surface area contributed by atoms with Gasteiger partial charge in [-0.25, -0.2) is 9.97 Å². The van der Waals surface area contributed by atoms with Crippen molar-refractivity contribution in [3.05, 3.63) is 33.2 Å². The highest BCUT2D eigenvalue weighted by Gasteiger charge is 2.12. The molecule has 2 aromatic rings. The van der Waals surface area contributed by atoms with E-state index in [2.05, 4.69) is 22.2 Å². The molecule has 0 saturated heterocycles. The topological polar surface area (TPSA) is 47.0 Å². The monoisotopic (exact) mass is 283 g/mol. The van der Waals surface area contributed by atoms with Crippen LogP contribution in [0.4, 0.5) is 5.82 Å². The van der Waals surface area contributed by atoms with Gasteiger partial charge >= 0.3 is 0 Å². The van der Waals surface area contributed by atoms with E-state index in [0.29, 0.717) is 5.88 Å². The summed E-state index contributed by atoms with van der Waals surface area (Å²) in [6.45, 7) is 3.99. The number of hydrogen-bond acceptors (Lipinski definition) is 5. The van der Waals surface area contributed by atoms with Crippen LogP contribution in [0.5, 0.6) is 5.88 Å². The summed E-state index contributed by atoms with van der Waals surface area (Å²) in [6.07, 6.45) is 1.49. The maximum Gasteiger partial charge on any atom is 0.221 e. The van der Waals surface area contributed by atoms with Gasteiger partial charge in [0, 0.05) is 4.88 Å². The molecule has 2 rings (SSSR count). The largest absolute Gasteiger partial charge is 0.481 e. The Labute approximate surface area is 115 Å². The maximum atomic E-state index is 5.93. The lowest BCUT2D eigenvalue weighted by atomic mass is 10.2. The average Bonchev–Trinajstić information content (AvgIpc) is 2.78. The maximum absolute atomic E-state index is 5.93. The molecule has 1 atom stereocenters. The van der Waals surface area contributed by atoms with E-state index in [1.807, 2.05) is 19.1 Å². The van der Waals surface area contributed by atoms with Gasteiger partial charge in [0.25, 0.3) is 0 Å². The number of nitrogens with one attached hydrogen (secondary N) is 1. The Morgan fingerprint density at radius 1 is 1.39 bits per heavy atom. The minimum atomic E-state index is 0.140. The summed E-state index contributed by atoms with van der Waals surface area (Å²) in [6, 6.07) is 4.05. The van der Waals surface area contributed by atoms with Crippen LogP contribution in [0.15, 0.2) is 18.5 Å². The number of anilines is 1. The molecule has 4 nitrogen and oxygen atoms in total. The van der Waals surface area contributed by atoms with Crippen LogP contribution >= 0.6 is 22.9 Å². The molecule has 0 aromatic carbocycles. The normalized spacial score (nSPS) is 12.2. The molecule has 2 heterocycles. The predicted octanol–water partition coefficient (Wildman–Crippen LogP) is 3.68. The summed E-state index contributed by atoms with van der Waals surface area (Å²) in [5, 5.41) is 3.34. The molecular weight excluding hydrogens is 270 g/mol. The molecule has 0 aliphatic rings. The number of ether oxygens (including phenoxy) is 1. The second-order valence-electron chi connectivity index (χ2n) is 3.86. The first-order valence-electron chi connectivity index (χ1n) is 5.49. The van der Waals surface area contributed by atoms with E-state index >= 15 is 0 Å². The fourth-order valence-electron chi connectivity index (χ4n) is 1.62. The zero-order valence-corrected chi connectivity index (χ0v) is 12.0. The van der Waals surface area contributed by atoms with Crippen LogP contribution in [-0.2, 0) is 0 Å². The first kappa shape index (κ1) is 13.1. The molecule has 0 bridgehead atoms. The molecule has 2 aromatic heterocycles. The van der Waals surface area contributed by atoms with Crippen molar-refractivity contribution in [2.45, 2.75) is 19.9 Å². The van der Waals surface area contributed by atoms with Crippen molar-refractivity contribution < 1.29 is 4.74 Å². The van der Waals surface area contributed by atoms with E-state index in [0.717, 1.165) is 20.6 Å². The van der Waals surface area contributed by atoms with E-state index in [1.54, 1.807) is 18.4 Å². The van der Waals surface area contributed by atoms with Crippen molar-refractivity contribution in [1.29, 1.82) is 0 Å². The highest BCUT2D eigenvalue weighted by Crippen LogP contribution is 2.30. The molecule has 96 valence electrons. The molecule has 0 amide bonds. The molecule has 0 spiro atoms. The van der Waals surface area contributed by atoms with Crippen LogP contribution in [-0.4, -0.2) is 17.1 Å². The molecule has 0 radical (unpaired) electrons. The van der Waals surface area contributed by atoms with E-state index in [9.17, 15) is 0 Å². The van der Waals surface area contributed by atoms with Crippen molar-refractivity contribution in [2.75, 3.05) is 12.4 Å². The van der Waals surface area contributed by atoms with Crippen LogP contribution < -0.4 is 10.1 Å². The van der Waals surface area contributed by atoms with Gasteiger partial charge in [0.2, 0.25) is 5.88 Å². The van der Waals surface area contributed by atoms with Crippen LogP contribution in [0.25, 0.3) is 0 Å². The molecule has 0 fully saturated rings. The predicted molar refractivity (Wildman–Crippen MR) is 74.7 cm³/mol. The lowest BCUT2D eigenvalue weighted by molar-refractivity contribution is 0.393. The highest BCUT2D eigenvalue weighted by molar-refractivity contribution is 7.16. The van der Waals surface area contributed by atoms with Crippen LogP contribution in [0, 0.1) is 6.92 Å². The molecule has 1 N–H and O–H groups in total. The van der Waals surface area contributed by atoms with Gasteiger partial charge in [0.15, 0.2) is 0 Å². The fourth-order valence-corrected chi connectivity index (χ4v) is 2.69. The summed E-state index contributed by atoms with van der Waals surface area (Å²) in [5.41, 5.74) is 0.898. The van der Waals surface area contributed by atoms with E-state index < -0.39 is 0 Å². The number of thiophene rings is 1. The third-order valence-electron chi connectivity index (χ3n) is 2.61. The first-order valence-corrected chi connectivity index (χ1v) is 6.68. The molecule has 18 heavy (non-hydrogen) atoms. The van der Waals surface area contributed by atoms with Crippen molar-refractivity contribution in [3.8, 4) is 5.88 Å². The number of hydrogen-bond donors (Lipinski definition) is 1. The Morgan fingerprint density at radius 2 is 2.17 bits per heavy atom. The van der Waals surface area contributed by atoms with E-state index in [1.165, 1.54) is 6.33 Å². The number of aromatic nitrogens is 2. The Balaban J connectivity index is 2.19. The summed E-state index contributed by atoms with van der Waals surface area (Å²) in [4.78, 5) is 9.44. The number of methoxy groups -OCH3 is 1. The average molecular weight is 284 g/mol. The minimum Gasteiger partial charge on any atom is -0.481 e.